The molecule has 0 bridgehead atoms. The molecule has 0 aliphatic heterocycles. The van der Waals surface area contributed by atoms with E-state index in [1.165, 1.54) is 11.0 Å². The summed E-state index contributed by atoms with van der Waals surface area (Å²) in [7, 11) is 3.18. The number of hydrogen-bond acceptors (Lipinski definition) is 6. The molecule has 2 aromatic carbocycles. The zero-order valence-corrected chi connectivity index (χ0v) is 16.7. The van der Waals surface area contributed by atoms with Crippen molar-refractivity contribution in [3.63, 3.8) is 0 Å². The van der Waals surface area contributed by atoms with Gasteiger partial charge in [0.1, 0.15) is 11.4 Å². The predicted octanol–water partition coefficient (Wildman–Crippen LogP) is 2.67. The smallest absolute Gasteiger partial charge is 0.257 e. The van der Waals surface area contributed by atoms with E-state index in [0.29, 0.717) is 11.8 Å². The molecule has 28 heavy (non-hydrogen) atoms. The van der Waals surface area contributed by atoms with Gasteiger partial charge in [0.2, 0.25) is 0 Å². The first kappa shape index (κ1) is 19.9. The summed E-state index contributed by atoms with van der Waals surface area (Å²) >= 11 is 0. The molecule has 0 radical (unpaired) electrons. The van der Waals surface area contributed by atoms with Crippen LogP contribution >= 0.6 is 0 Å². The number of amides is 1. The predicted molar refractivity (Wildman–Crippen MR) is 110 cm³/mol. The SMILES string of the molecule is CC(C)[C@@H]1CCC[C@H]1Nc1c(Nc2cccc(C(=O)N(C)C)c2O)c(=O)c1=O. The highest BCUT2D eigenvalue weighted by molar-refractivity contribution is 5.99. The van der Waals surface area contributed by atoms with E-state index in [2.05, 4.69) is 24.5 Å². The van der Waals surface area contributed by atoms with Gasteiger partial charge >= 0.3 is 0 Å². The molecule has 1 saturated carbocycles. The highest BCUT2D eigenvalue weighted by Crippen LogP contribution is 2.36. The number of phenols is 1. The molecule has 0 aromatic heterocycles. The lowest BCUT2D eigenvalue weighted by atomic mass is 9.90. The molecule has 2 atom stereocenters. The van der Waals surface area contributed by atoms with Gasteiger partial charge in [-0.15, -0.1) is 0 Å². The lowest BCUT2D eigenvalue weighted by molar-refractivity contribution is 0.0824. The van der Waals surface area contributed by atoms with Gasteiger partial charge in [-0.1, -0.05) is 26.3 Å². The van der Waals surface area contributed by atoms with E-state index in [-0.39, 0.29) is 40.3 Å². The number of anilines is 3. The van der Waals surface area contributed by atoms with Crippen LogP contribution in [-0.2, 0) is 0 Å². The van der Waals surface area contributed by atoms with Crippen LogP contribution in [0, 0.1) is 11.8 Å². The van der Waals surface area contributed by atoms with Crippen LogP contribution in [0.5, 0.6) is 5.75 Å². The lowest BCUT2D eigenvalue weighted by Crippen LogP contribution is -2.40. The average molecular weight is 385 g/mol. The number of rotatable bonds is 6. The van der Waals surface area contributed by atoms with Gasteiger partial charge in [-0.05, 0) is 36.8 Å². The Labute approximate surface area is 164 Å². The third kappa shape index (κ3) is 3.48. The minimum Gasteiger partial charge on any atom is -0.505 e. The second-order valence-electron chi connectivity index (χ2n) is 8.02. The summed E-state index contributed by atoms with van der Waals surface area (Å²) in [5, 5.41) is 16.6. The van der Waals surface area contributed by atoms with Gasteiger partial charge in [0.25, 0.3) is 16.8 Å². The van der Waals surface area contributed by atoms with Crippen LogP contribution in [0.4, 0.5) is 17.1 Å². The molecule has 0 heterocycles. The molecule has 3 rings (SSSR count). The monoisotopic (exact) mass is 385 g/mol. The van der Waals surface area contributed by atoms with E-state index in [1.807, 2.05) is 0 Å². The topological polar surface area (TPSA) is 98.7 Å². The molecule has 150 valence electrons. The molecule has 1 fully saturated rings. The van der Waals surface area contributed by atoms with E-state index < -0.39 is 10.9 Å². The fourth-order valence-electron chi connectivity index (χ4n) is 3.99. The third-order valence-corrected chi connectivity index (χ3v) is 5.60. The van der Waals surface area contributed by atoms with Crippen LogP contribution in [0.2, 0.25) is 0 Å². The summed E-state index contributed by atoms with van der Waals surface area (Å²) < 4.78 is 0. The second-order valence-corrected chi connectivity index (χ2v) is 8.02. The molecule has 3 N–H and O–H groups in total. The van der Waals surface area contributed by atoms with Crippen LogP contribution in [0.3, 0.4) is 0 Å². The molecule has 7 heteroatoms. The number of hydrogen-bond donors (Lipinski definition) is 3. The first-order valence-electron chi connectivity index (χ1n) is 9.62. The summed E-state index contributed by atoms with van der Waals surface area (Å²) in [6.45, 7) is 4.33. The normalized spacial score (nSPS) is 19.2. The zero-order valence-electron chi connectivity index (χ0n) is 16.7. The molecule has 1 aliphatic carbocycles. The van der Waals surface area contributed by atoms with Crippen LogP contribution < -0.4 is 21.5 Å². The highest BCUT2D eigenvalue weighted by Gasteiger charge is 2.33. The Morgan fingerprint density at radius 3 is 2.46 bits per heavy atom. The zero-order chi connectivity index (χ0) is 20.6. The third-order valence-electron chi connectivity index (χ3n) is 5.60. The van der Waals surface area contributed by atoms with Crippen molar-refractivity contribution in [1.29, 1.82) is 0 Å². The first-order chi connectivity index (χ1) is 13.2. The lowest BCUT2D eigenvalue weighted by Gasteiger charge is -2.26. The number of para-hydroxylation sites is 1. The van der Waals surface area contributed by atoms with E-state index in [1.54, 1.807) is 26.2 Å². The minimum atomic E-state index is -0.620. The maximum absolute atomic E-state index is 12.2. The fraction of sp³-hybridized carbons (Fsp3) is 0.476. The van der Waals surface area contributed by atoms with Gasteiger partial charge in [-0.2, -0.15) is 0 Å². The van der Waals surface area contributed by atoms with Gasteiger partial charge < -0.3 is 20.6 Å². The summed E-state index contributed by atoms with van der Waals surface area (Å²) in [6, 6.07) is 4.84. The molecular formula is C21H27N3O4. The molecular weight excluding hydrogens is 358 g/mol. The van der Waals surface area contributed by atoms with Crippen molar-refractivity contribution in [3.05, 3.63) is 44.2 Å². The summed E-state index contributed by atoms with van der Waals surface area (Å²) in [5.74, 6) is 0.337. The van der Waals surface area contributed by atoms with E-state index >= 15 is 0 Å². The number of benzene rings is 1. The number of carbonyl (C=O) groups is 1. The maximum atomic E-state index is 12.2. The Morgan fingerprint density at radius 2 is 1.82 bits per heavy atom. The van der Waals surface area contributed by atoms with E-state index in [9.17, 15) is 19.5 Å². The summed E-state index contributed by atoms with van der Waals surface area (Å²) in [6.07, 6.45) is 3.15. The van der Waals surface area contributed by atoms with Crippen LogP contribution in [0.25, 0.3) is 0 Å². The average Bonchev–Trinajstić information content (AvgIpc) is 3.13. The second kappa shape index (κ2) is 7.66. The summed E-state index contributed by atoms with van der Waals surface area (Å²) in [5.41, 5.74) is -0.411. The van der Waals surface area contributed by atoms with E-state index in [0.717, 1.165) is 19.3 Å². The molecule has 1 amide bonds. The fourth-order valence-corrected chi connectivity index (χ4v) is 3.99. The number of aromatic hydroxyl groups is 1. The Kier molecular flexibility index (Phi) is 5.45. The summed E-state index contributed by atoms with van der Waals surface area (Å²) in [4.78, 5) is 37.8. The first-order valence-corrected chi connectivity index (χ1v) is 9.62. The Balaban J connectivity index is 1.86. The van der Waals surface area contributed by atoms with E-state index in [4.69, 9.17) is 0 Å². The van der Waals surface area contributed by atoms with Crippen molar-refractivity contribution < 1.29 is 9.90 Å². The molecule has 0 spiro atoms. The van der Waals surface area contributed by atoms with Gasteiger partial charge in [0.15, 0.2) is 5.75 Å². The molecule has 0 saturated heterocycles. The van der Waals surface area contributed by atoms with Crippen LogP contribution in [-0.4, -0.2) is 36.1 Å². The number of nitrogens with one attached hydrogen (secondary N) is 2. The van der Waals surface area contributed by atoms with Gasteiger partial charge in [-0.3, -0.25) is 14.4 Å². The molecule has 7 nitrogen and oxygen atoms in total. The number of nitrogens with zero attached hydrogens (tertiary/aromatic N) is 1. The van der Waals surface area contributed by atoms with Gasteiger partial charge in [0, 0.05) is 20.1 Å². The highest BCUT2D eigenvalue weighted by atomic mass is 16.3. The van der Waals surface area contributed by atoms with Gasteiger partial charge in [0.05, 0.1) is 11.3 Å². The molecule has 0 unspecified atom stereocenters. The van der Waals surface area contributed by atoms with Crippen molar-refractivity contribution in [1.82, 2.24) is 4.90 Å². The van der Waals surface area contributed by atoms with Crippen molar-refractivity contribution in [2.75, 3.05) is 24.7 Å². The van der Waals surface area contributed by atoms with Crippen molar-refractivity contribution >= 4 is 23.0 Å². The van der Waals surface area contributed by atoms with Crippen molar-refractivity contribution in [2.24, 2.45) is 11.8 Å². The van der Waals surface area contributed by atoms with Crippen molar-refractivity contribution in [3.8, 4) is 5.75 Å². The largest absolute Gasteiger partial charge is 0.505 e. The number of phenolic OH excluding ortho intramolecular Hbond substituents is 1. The van der Waals surface area contributed by atoms with Crippen LogP contribution in [0.1, 0.15) is 43.5 Å². The van der Waals surface area contributed by atoms with Crippen LogP contribution in [0.15, 0.2) is 27.8 Å². The standard InChI is InChI=1S/C21H27N3O4/c1-11(2)12-7-5-9-14(12)22-16-17(20(27)19(16)26)23-15-10-6-8-13(18(15)25)21(28)24(3)4/h6,8,10-12,14,22-23,25H,5,7,9H2,1-4H3/t12-,14+/m0/s1. The minimum absolute atomic E-state index is 0.124. The van der Waals surface area contributed by atoms with Gasteiger partial charge in [-0.25, -0.2) is 0 Å². The Bertz CT molecular complexity index is 957. The molecule has 1 aliphatic rings. The Hall–Kier alpha value is -2.83. The Morgan fingerprint density at radius 1 is 1.14 bits per heavy atom. The number of carbonyl (C=O) groups excluding carboxylic acids is 1. The quantitative estimate of drug-likeness (QED) is 0.522. The maximum Gasteiger partial charge on any atom is 0.257 e. The molecule has 2 aromatic rings. The van der Waals surface area contributed by atoms with Crippen molar-refractivity contribution in [2.45, 2.75) is 39.2 Å².